The summed E-state index contributed by atoms with van der Waals surface area (Å²) in [6.45, 7) is 0. The van der Waals surface area contributed by atoms with Crippen molar-refractivity contribution in [2.75, 3.05) is 5.32 Å². The van der Waals surface area contributed by atoms with E-state index in [-0.39, 0.29) is 5.69 Å². The van der Waals surface area contributed by atoms with Gasteiger partial charge in [-0.2, -0.15) is 0 Å². The zero-order valence-electron chi connectivity index (χ0n) is 7.31. The molecule has 0 aliphatic rings. The first kappa shape index (κ1) is 9.91. The number of benzene rings is 1. The molecule has 0 aliphatic heterocycles. The second kappa shape index (κ2) is 4.76. The van der Waals surface area contributed by atoms with E-state index in [0.29, 0.717) is 0 Å². The summed E-state index contributed by atoms with van der Waals surface area (Å²) in [5.74, 6) is 0. The molecule has 5 nitrogen and oxygen atoms in total. The second-order valence-corrected chi connectivity index (χ2v) is 2.47. The van der Waals surface area contributed by atoms with Crippen LogP contribution in [-0.2, 0) is 0 Å². The molecular formula is C9H9N3O2. The first-order chi connectivity index (χ1) is 6.74. The largest absolute Gasteiger partial charge is 0.362 e. The molecule has 0 fully saturated rings. The third-order valence-electron chi connectivity index (χ3n) is 1.52. The van der Waals surface area contributed by atoms with Gasteiger partial charge in [0.15, 0.2) is 0 Å². The molecule has 1 aromatic carbocycles. The average Bonchev–Trinajstić information content (AvgIpc) is 2.19. The van der Waals surface area contributed by atoms with E-state index in [0.717, 1.165) is 11.9 Å². The van der Waals surface area contributed by atoms with Crippen LogP contribution in [0.2, 0.25) is 0 Å². The Morgan fingerprint density at radius 2 is 2.00 bits per heavy atom. The maximum atomic E-state index is 10.3. The molecule has 0 unspecified atom stereocenters. The van der Waals surface area contributed by atoms with Gasteiger partial charge >= 0.3 is 0 Å². The predicted octanol–water partition coefficient (Wildman–Crippen LogP) is 2.17. The van der Waals surface area contributed by atoms with Crippen LogP contribution in [0.3, 0.4) is 0 Å². The maximum absolute atomic E-state index is 10.3. The van der Waals surface area contributed by atoms with Crippen molar-refractivity contribution in [1.29, 1.82) is 5.41 Å². The standard InChI is InChI=1S/C9H9N3O2/c10-6-1-7-11-8-2-4-9(5-3-8)12(13)14/h1-7,10-11H/b7-1-,10-6?. The monoisotopic (exact) mass is 191 g/mol. The van der Waals surface area contributed by atoms with Crippen molar-refractivity contribution in [3.05, 3.63) is 46.7 Å². The van der Waals surface area contributed by atoms with Crippen LogP contribution >= 0.6 is 0 Å². The lowest BCUT2D eigenvalue weighted by Crippen LogP contribution is -1.90. The van der Waals surface area contributed by atoms with Crippen molar-refractivity contribution in [2.24, 2.45) is 0 Å². The third-order valence-corrected chi connectivity index (χ3v) is 1.52. The number of nitro benzene ring substituents is 1. The highest BCUT2D eigenvalue weighted by Crippen LogP contribution is 2.14. The van der Waals surface area contributed by atoms with E-state index >= 15 is 0 Å². The van der Waals surface area contributed by atoms with E-state index in [1.165, 1.54) is 18.2 Å². The molecule has 0 saturated carbocycles. The highest BCUT2D eigenvalue weighted by molar-refractivity contribution is 5.68. The summed E-state index contributed by atoms with van der Waals surface area (Å²) in [5, 5.41) is 19.9. The van der Waals surface area contributed by atoms with E-state index in [1.54, 1.807) is 18.3 Å². The fourth-order valence-electron chi connectivity index (χ4n) is 0.872. The molecule has 1 rings (SSSR count). The zero-order valence-corrected chi connectivity index (χ0v) is 7.31. The molecule has 0 radical (unpaired) electrons. The fourth-order valence-corrected chi connectivity index (χ4v) is 0.872. The lowest BCUT2D eigenvalue weighted by atomic mass is 10.3. The predicted molar refractivity (Wildman–Crippen MR) is 54.6 cm³/mol. The molecule has 0 bridgehead atoms. The van der Waals surface area contributed by atoms with Crippen molar-refractivity contribution in [2.45, 2.75) is 0 Å². The van der Waals surface area contributed by atoms with E-state index in [4.69, 9.17) is 5.41 Å². The number of non-ortho nitro benzene ring substituents is 1. The molecule has 0 heterocycles. The summed E-state index contributed by atoms with van der Waals surface area (Å²) in [6.07, 6.45) is 4.23. The maximum Gasteiger partial charge on any atom is 0.269 e. The number of nitrogens with one attached hydrogen (secondary N) is 2. The zero-order chi connectivity index (χ0) is 10.4. The van der Waals surface area contributed by atoms with E-state index in [9.17, 15) is 10.1 Å². The average molecular weight is 191 g/mol. The van der Waals surface area contributed by atoms with Gasteiger partial charge in [0.1, 0.15) is 0 Å². The number of rotatable bonds is 4. The van der Waals surface area contributed by atoms with Gasteiger partial charge in [0.05, 0.1) is 4.92 Å². The van der Waals surface area contributed by atoms with Gasteiger partial charge in [0.25, 0.3) is 5.69 Å². The SMILES string of the molecule is N=C/C=C\Nc1ccc([N+](=O)[O-])cc1. The molecule has 72 valence electrons. The summed E-state index contributed by atoms with van der Waals surface area (Å²) in [4.78, 5) is 9.87. The quantitative estimate of drug-likeness (QED) is 0.435. The summed E-state index contributed by atoms with van der Waals surface area (Å²) in [7, 11) is 0. The molecule has 0 spiro atoms. The Kier molecular flexibility index (Phi) is 3.37. The first-order valence-corrected chi connectivity index (χ1v) is 3.90. The Morgan fingerprint density at radius 3 is 2.50 bits per heavy atom. The molecule has 0 atom stereocenters. The summed E-state index contributed by atoms with van der Waals surface area (Å²) >= 11 is 0. The molecule has 1 aromatic rings. The normalized spacial score (nSPS) is 10.0. The number of hydrogen-bond donors (Lipinski definition) is 2. The minimum absolute atomic E-state index is 0.0617. The number of nitro groups is 1. The van der Waals surface area contributed by atoms with Gasteiger partial charge in [-0.25, -0.2) is 0 Å². The van der Waals surface area contributed by atoms with Gasteiger partial charge in [-0.05, 0) is 18.2 Å². The Balaban J connectivity index is 2.68. The highest BCUT2D eigenvalue weighted by atomic mass is 16.6. The van der Waals surface area contributed by atoms with Crippen LogP contribution < -0.4 is 5.32 Å². The summed E-state index contributed by atoms with van der Waals surface area (Å²) in [5.41, 5.74) is 0.806. The Hall–Kier alpha value is -2.17. The number of allylic oxidation sites excluding steroid dienone is 1. The van der Waals surface area contributed by atoms with Crippen molar-refractivity contribution in [1.82, 2.24) is 0 Å². The first-order valence-electron chi connectivity index (χ1n) is 3.90. The van der Waals surface area contributed by atoms with Crippen LogP contribution in [0.1, 0.15) is 0 Å². The summed E-state index contributed by atoms with van der Waals surface area (Å²) in [6, 6.07) is 6.04. The van der Waals surface area contributed by atoms with Crippen LogP contribution in [0.5, 0.6) is 0 Å². The smallest absolute Gasteiger partial charge is 0.269 e. The van der Waals surface area contributed by atoms with Crippen LogP contribution in [0, 0.1) is 15.5 Å². The molecule has 2 N–H and O–H groups in total. The highest BCUT2D eigenvalue weighted by Gasteiger charge is 2.02. The second-order valence-electron chi connectivity index (χ2n) is 2.47. The molecular weight excluding hydrogens is 182 g/mol. The van der Waals surface area contributed by atoms with Crippen molar-refractivity contribution in [3.8, 4) is 0 Å². The molecule has 14 heavy (non-hydrogen) atoms. The van der Waals surface area contributed by atoms with Crippen LogP contribution in [0.25, 0.3) is 0 Å². The molecule has 0 amide bonds. The number of anilines is 1. The number of nitrogens with zero attached hydrogens (tertiary/aromatic N) is 1. The molecule has 0 saturated heterocycles. The van der Waals surface area contributed by atoms with Crippen molar-refractivity contribution < 1.29 is 4.92 Å². The van der Waals surface area contributed by atoms with Crippen LogP contribution in [0.15, 0.2) is 36.5 Å². The third kappa shape index (κ3) is 2.71. The minimum Gasteiger partial charge on any atom is -0.362 e. The Morgan fingerprint density at radius 1 is 1.36 bits per heavy atom. The van der Waals surface area contributed by atoms with E-state index in [2.05, 4.69) is 5.32 Å². The Bertz CT molecular complexity index is 357. The number of hydrogen-bond acceptors (Lipinski definition) is 4. The topological polar surface area (TPSA) is 79.0 Å². The van der Waals surface area contributed by atoms with Gasteiger partial charge in [-0.1, -0.05) is 0 Å². The van der Waals surface area contributed by atoms with Gasteiger partial charge in [0.2, 0.25) is 0 Å². The fraction of sp³-hybridized carbons (Fsp3) is 0. The van der Waals surface area contributed by atoms with E-state index in [1.807, 2.05) is 0 Å². The lowest BCUT2D eigenvalue weighted by molar-refractivity contribution is -0.384. The van der Waals surface area contributed by atoms with E-state index < -0.39 is 4.92 Å². The van der Waals surface area contributed by atoms with Crippen molar-refractivity contribution in [3.63, 3.8) is 0 Å². The van der Waals surface area contributed by atoms with Crippen LogP contribution in [0.4, 0.5) is 11.4 Å². The summed E-state index contributed by atoms with van der Waals surface area (Å²) < 4.78 is 0. The van der Waals surface area contributed by atoms with Crippen molar-refractivity contribution >= 4 is 17.6 Å². The van der Waals surface area contributed by atoms with Gasteiger partial charge < -0.3 is 10.7 Å². The lowest BCUT2D eigenvalue weighted by Gasteiger charge is -1.98. The van der Waals surface area contributed by atoms with Gasteiger partial charge in [-0.3, -0.25) is 10.1 Å². The molecule has 5 heteroatoms. The van der Waals surface area contributed by atoms with Gasteiger partial charge in [0, 0.05) is 30.2 Å². The van der Waals surface area contributed by atoms with Crippen LogP contribution in [-0.4, -0.2) is 11.1 Å². The Labute approximate surface area is 80.7 Å². The molecule has 0 aromatic heterocycles. The minimum atomic E-state index is -0.447. The molecule has 0 aliphatic carbocycles. The van der Waals surface area contributed by atoms with Gasteiger partial charge in [-0.15, -0.1) is 0 Å².